The zero-order chi connectivity index (χ0) is 33.8. The van der Waals surface area contributed by atoms with Gasteiger partial charge >= 0.3 is 5.97 Å². The van der Waals surface area contributed by atoms with Crippen molar-refractivity contribution in [2.75, 3.05) is 20.8 Å². The second-order valence-electron chi connectivity index (χ2n) is 10.8. The normalized spacial score (nSPS) is 14.5. The number of thiazole rings is 1. The molecule has 0 radical (unpaired) electrons. The summed E-state index contributed by atoms with van der Waals surface area (Å²) in [5.41, 5.74) is 2.58. The van der Waals surface area contributed by atoms with Gasteiger partial charge in [0.2, 0.25) is 0 Å². The van der Waals surface area contributed by atoms with Gasteiger partial charge in [-0.1, -0.05) is 63.1 Å². The molecule has 1 aromatic heterocycles. The number of methoxy groups -OCH3 is 2. The highest BCUT2D eigenvalue weighted by Gasteiger charge is 2.34. The first-order valence-corrected chi connectivity index (χ1v) is 16.8. The lowest BCUT2D eigenvalue weighted by molar-refractivity contribution is -0.139. The number of hydrogen-bond donors (Lipinski definition) is 0. The van der Waals surface area contributed by atoms with Crippen molar-refractivity contribution < 1.29 is 28.5 Å². The van der Waals surface area contributed by atoms with Gasteiger partial charge in [-0.15, -0.1) is 0 Å². The fourth-order valence-corrected chi connectivity index (χ4v) is 6.82. The van der Waals surface area contributed by atoms with Gasteiger partial charge in [-0.3, -0.25) is 9.36 Å². The Balaban J connectivity index is 1.60. The van der Waals surface area contributed by atoms with Gasteiger partial charge in [0, 0.05) is 15.1 Å². The van der Waals surface area contributed by atoms with Crippen LogP contribution in [0.4, 0.5) is 0 Å². The molecule has 0 fully saturated rings. The average molecular weight is 742 g/mol. The van der Waals surface area contributed by atoms with Crippen LogP contribution in [0.2, 0.25) is 5.02 Å². The Bertz CT molecular complexity index is 2040. The van der Waals surface area contributed by atoms with E-state index in [4.69, 9.17) is 35.3 Å². The maximum absolute atomic E-state index is 14.2. The van der Waals surface area contributed by atoms with E-state index >= 15 is 0 Å². The second kappa shape index (κ2) is 14.8. The molecule has 12 heteroatoms. The summed E-state index contributed by atoms with van der Waals surface area (Å²) in [5.74, 6) is 1.47. The highest BCUT2D eigenvalue weighted by atomic mass is 79.9. The molecule has 1 aliphatic heterocycles. The largest absolute Gasteiger partial charge is 0.493 e. The Kier molecular flexibility index (Phi) is 10.8. The molecule has 4 aromatic rings. The van der Waals surface area contributed by atoms with E-state index in [1.54, 1.807) is 64.5 Å². The van der Waals surface area contributed by atoms with E-state index in [1.165, 1.54) is 15.9 Å². The molecule has 0 amide bonds. The van der Waals surface area contributed by atoms with Crippen LogP contribution in [-0.4, -0.2) is 37.5 Å². The van der Waals surface area contributed by atoms with Crippen molar-refractivity contribution in [1.82, 2.24) is 4.57 Å². The molecule has 0 bridgehead atoms. The van der Waals surface area contributed by atoms with Crippen molar-refractivity contribution in [3.63, 3.8) is 0 Å². The fraction of sp³-hybridized carbons (Fsp3) is 0.286. The summed E-state index contributed by atoms with van der Waals surface area (Å²) in [7, 11) is 3.10. The predicted molar refractivity (Wildman–Crippen MR) is 186 cm³/mol. The van der Waals surface area contributed by atoms with E-state index in [1.807, 2.05) is 38.1 Å². The summed E-state index contributed by atoms with van der Waals surface area (Å²) in [6, 6.07) is 15.6. The maximum atomic E-state index is 14.2. The highest BCUT2D eigenvalue weighted by molar-refractivity contribution is 9.10. The number of fused-ring (bicyclic) bond motifs is 1. The quantitative estimate of drug-likeness (QED) is 0.160. The van der Waals surface area contributed by atoms with Crippen LogP contribution in [0.25, 0.3) is 6.08 Å². The summed E-state index contributed by atoms with van der Waals surface area (Å²) in [4.78, 5) is 32.6. The zero-order valence-corrected chi connectivity index (χ0v) is 29.9. The van der Waals surface area contributed by atoms with E-state index in [0.717, 1.165) is 5.56 Å². The summed E-state index contributed by atoms with van der Waals surface area (Å²) < 4.78 is 31.3. The average Bonchev–Trinajstić information content (AvgIpc) is 3.34. The second-order valence-corrected chi connectivity index (χ2v) is 13.1. The molecule has 3 aromatic carbocycles. The number of ether oxygens (including phenoxy) is 5. The molecule has 0 unspecified atom stereocenters. The number of aromatic nitrogens is 1. The Morgan fingerprint density at radius 2 is 1.79 bits per heavy atom. The van der Waals surface area contributed by atoms with Crippen LogP contribution in [-0.2, 0) is 16.1 Å². The van der Waals surface area contributed by atoms with Gasteiger partial charge in [0.25, 0.3) is 5.56 Å². The number of esters is 1. The molecule has 0 aliphatic carbocycles. The van der Waals surface area contributed by atoms with Gasteiger partial charge in [-0.2, -0.15) is 0 Å². The number of benzene rings is 3. The molecule has 9 nitrogen and oxygen atoms in total. The third kappa shape index (κ3) is 7.27. The lowest BCUT2D eigenvalue weighted by Crippen LogP contribution is -2.40. The van der Waals surface area contributed by atoms with Gasteiger partial charge < -0.3 is 23.7 Å². The Labute approximate surface area is 289 Å². The van der Waals surface area contributed by atoms with Gasteiger partial charge in [-0.25, -0.2) is 9.79 Å². The SMILES string of the molecule is CCOC(=O)C1=C(C)N=c2s/c(=C\c3cc(OC)c(OCc4ccccc4Cl)cc3Br)c(=O)n2[C@@H]1c1ccc(OC(C)C)c(OC)c1. The minimum absolute atomic E-state index is 0.0782. The monoisotopic (exact) mass is 740 g/mol. The van der Waals surface area contributed by atoms with Crippen LogP contribution in [0, 0.1) is 0 Å². The third-order valence-electron chi connectivity index (χ3n) is 7.29. The van der Waals surface area contributed by atoms with Crippen molar-refractivity contribution in [1.29, 1.82) is 0 Å². The van der Waals surface area contributed by atoms with E-state index in [-0.39, 0.29) is 30.5 Å². The molecule has 0 saturated carbocycles. The summed E-state index contributed by atoms with van der Waals surface area (Å²) >= 11 is 11.2. The molecule has 1 atom stereocenters. The Morgan fingerprint density at radius 1 is 1.06 bits per heavy atom. The molecule has 0 N–H and O–H groups in total. The minimum Gasteiger partial charge on any atom is -0.493 e. The fourth-order valence-electron chi connectivity index (χ4n) is 5.16. The van der Waals surface area contributed by atoms with Crippen LogP contribution < -0.4 is 33.8 Å². The van der Waals surface area contributed by atoms with Crippen LogP contribution >= 0.6 is 38.9 Å². The Morgan fingerprint density at radius 3 is 2.47 bits per heavy atom. The molecular weight excluding hydrogens is 708 g/mol. The molecule has 0 spiro atoms. The van der Waals surface area contributed by atoms with Crippen molar-refractivity contribution in [2.45, 2.75) is 46.4 Å². The molecule has 0 saturated heterocycles. The lowest BCUT2D eigenvalue weighted by atomic mass is 9.95. The number of carbonyl (C=O) groups excluding carboxylic acids is 1. The zero-order valence-electron chi connectivity index (χ0n) is 26.8. The maximum Gasteiger partial charge on any atom is 0.338 e. The van der Waals surface area contributed by atoms with Gasteiger partial charge in [0.1, 0.15) is 6.61 Å². The smallest absolute Gasteiger partial charge is 0.338 e. The van der Waals surface area contributed by atoms with E-state index in [0.29, 0.717) is 58.7 Å². The first-order valence-electron chi connectivity index (χ1n) is 14.8. The number of nitrogens with zero attached hydrogens (tertiary/aromatic N) is 2. The molecule has 47 heavy (non-hydrogen) atoms. The van der Waals surface area contributed by atoms with Crippen molar-refractivity contribution in [3.8, 4) is 23.0 Å². The topological polar surface area (TPSA) is 97.6 Å². The third-order valence-corrected chi connectivity index (χ3v) is 9.33. The van der Waals surface area contributed by atoms with Crippen molar-refractivity contribution in [2.24, 2.45) is 4.99 Å². The van der Waals surface area contributed by atoms with Gasteiger partial charge in [0.05, 0.1) is 48.8 Å². The standard InChI is InChI=1S/C35H34BrClN2O7S/c1-7-44-34(41)31-20(4)38-35-39(32(31)21-12-13-26(46-19(2)3)27(14-21)42-5)33(40)30(47-35)16-23-15-28(43-6)29(17-24(23)36)45-18-22-10-8-9-11-25(22)37/h8-17,19,32H,7,18H2,1-6H3/b30-16-/t32-/m1/s1. The van der Waals surface area contributed by atoms with Crippen LogP contribution in [0.1, 0.15) is 50.4 Å². The van der Waals surface area contributed by atoms with Gasteiger partial charge in [-0.05, 0) is 75.2 Å². The van der Waals surface area contributed by atoms with Crippen molar-refractivity contribution in [3.05, 3.63) is 112 Å². The summed E-state index contributed by atoms with van der Waals surface area (Å²) in [6.45, 7) is 7.74. The summed E-state index contributed by atoms with van der Waals surface area (Å²) in [5, 5.41) is 0.607. The molecule has 2 heterocycles. The number of halogens is 2. The van der Waals surface area contributed by atoms with Gasteiger partial charge in [0.15, 0.2) is 27.8 Å². The first kappa shape index (κ1) is 34.3. The molecule has 5 rings (SSSR count). The van der Waals surface area contributed by atoms with Crippen LogP contribution in [0.3, 0.4) is 0 Å². The first-order chi connectivity index (χ1) is 22.6. The predicted octanol–water partition coefficient (Wildman–Crippen LogP) is 6.60. The van der Waals surface area contributed by atoms with Crippen LogP contribution in [0.5, 0.6) is 23.0 Å². The molecular formula is C35H34BrClN2O7S. The van der Waals surface area contributed by atoms with E-state index in [2.05, 4.69) is 20.9 Å². The minimum atomic E-state index is -0.812. The highest BCUT2D eigenvalue weighted by Crippen LogP contribution is 2.37. The summed E-state index contributed by atoms with van der Waals surface area (Å²) in [6.07, 6.45) is 1.68. The molecule has 246 valence electrons. The van der Waals surface area contributed by atoms with Crippen LogP contribution in [0.15, 0.2) is 80.1 Å². The van der Waals surface area contributed by atoms with Crippen molar-refractivity contribution >= 4 is 50.9 Å². The number of hydrogen-bond acceptors (Lipinski definition) is 9. The Hall–Kier alpha value is -4.06. The van der Waals surface area contributed by atoms with E-state index in [9.17, 15) is 9.59 Å². The number of rotatable bonds is 11. The lowest BCUT2D eigenvalue weighted by Gasteiger charge is -2.25. The van der Waals surface area contributed by atoms with E-state index < -0.39 is 12.0 Å². The number of carbonyl (C=O) groups is 1. The number of allylic oxidation sites excluding steroid dienone is 1. The molecule has 1 aliphatic rings.